The standard InChI is InChI=1S/C14H20N2O2/c1-4-7-11-8-5-6-9-12(11)18-10-14(2,3)13(17)16-15/h4-9H,10,15H2,1-3H3,(H,16,17). The third kappa shape index (κ3) is 3.60. The van der Waals surface area contributed by atoms with Crippen molar-refractivity contribution in [1.29, 1.82) is 0 Å². The Balaban J connectivity index is 2.77. The number of carbonyl (C=O) groups excluding carboxylic acids is 1. The Morgan fingerprint density at radius 3 is 2.72 bits per heavy atom. The van der Waals surface area contributed by atoms with E-state index in [1.165, 1.54) is 0 Å². The summed E-state index contributed by atoms with van der Waals surface area (Å²) < 4.78 is 5.71. The highest BCUT2D eigenvalue weighted by atomic mass is 16.5. The van der Waals surface area contributed by atoms with Gasteiger partial charge < -0.3 is 4.74 Å². The summed E-state index contributed by atoms with van der Waals surface area (Å²) in [5.74, 6) is 5.65. The molecular weight excluding hydrogens is 228 g/mol. The van der Waals surface area contributed by atoms with Crippen LogP contribution < -0.4 is 16.0 Å². The molecule has 0 bridgehead atoms. The van der Waals surface area contributed by atoms with Crippen molar-refractivity contribution in [2.24, 2.45) is 11.3 Å². The predicted molar refractivity (Wildman–Crippen MR) is 72.8 cm³/mol. The smallest absolute Gasteiger partial charge is 0.242 e. The van der Waals surface area contributed by atoms with E-state index in [0.717, 1.165) is 11.3 Å². The molecule has 0 fully saturated rings. The number of rotatable bonds is 5. The summed E-state index contributed by atoms with van der Waals surface area (Å²) in [6.45, 7) is 5.79. The Morgan fingerprint density at radius 1 is 1.44 bits per heavy atom. The number of ether oxygens (including phenoxy) is 1. The predicted octanol–water partition coefficient (Wildman–Crippen LogP) is 2.11. The van der Waals surface area contributed by atoms with Crippen molar-refractivity contribution in [2.75, 3.05) is 6.61 Å². The van der Waals surface area contributed by atoms with E-state index in [1.807, 2.05) is 43.3 Å². The molecule has 4 nitrogen and oxygen atoms in total. The van der Waals surface area contributed by atoms with Crippen LogP contribution in [0.3, 0.4) is 0 Å². The van der Waals surface area contributed by atoms with Crippen LogP contribution in [-0.4, -0.2) is 12.5 Å². The van der Waals surface area contributed by atoms with Crippen molar-refractivity contribution in [2.45, 2.75) is 20.8 Å². The average Bonchev–Trinajstić information content (AvgIpc) is 2.37. The van der Waals surface area contributed by atoms with Crippen molar-refractivity contribution in [3.05, 3.63) is 35.9 Å². The molecule has 1 amide bonds. The first-order valence-electron chi connectivity index (χ1n) is 5.87. The maximum Gasteiger partial charge on any atom is 0.242 e. The molecule has 98 valence electrons. The zero-order valence-electron chi connectivity index (χ0n) is 11.1. The Morgan fingerprint density at radius 2 is 2.11 bits per heavy atom. The molecule has 0 atom stereocenters. The van der Waals surface area contributed by atoms with E-state index in [-0.39, 0.29) is 12.5 Å². The van der Waals surface area contributed by atoms with E-state index in [0.29, 0.717) is 0 Å². The SMILES string of the molecule is CC=Cc1ccccc1OCC(C)(C)C(=O)NN. The van der Waals surface area contributed by atoms with Gasteiger partial charge in [0.25, 0.3) is 0 Å². The lowest BCUT2D eigenvalue weighted by molar-refractivity contribution is -0.130. The monoisotopic (exact) mass is 248 g/mol. The topological polar surface area (TPSA) is 64.3 Å². The number of nitrogens with one attached hydrogen (secondary N) is 1. The van der Waals surface area contributed by atoms with Crippen molar-refractivity contribution in [3.8, 4) is 5.75 Å². The molecule has 1 aromatic carbocycles. The van der Waals surface area contributed by atoms with Gasteiger partial charge >= 0.3 is 0 Å². The van der Waals surface area contributed by atoms with Crippen molar-refractivity contribution < 1.29 is 9.53 Å². The lowest BCUT2D eigenvalue weighted by Crippen LogP contribution is -2.44. The molecular formula is C14H20N2O2. The van der Waals surface area contributed by atoms with Crippen LogP contribution in [0.4, 0.5) is 0 Å². The Hall–Kier alpha value is -1.81. The fraction of sp³-hybridized carbons (Fsp3) is 0.357. The van der Waals surface area contributed by atoms with Crippen LogP contribution in [0.1, 0.15) is 26.3 Å². The number of amides is 1. The van der Waals surface area contributed by atoms with Crippen LogP contribution >= 0.6 is 0 Å². The minimum absolute atomic E-state index is 0.244. The summed E-state index contributed by atoms with van der Waals surface area (Å²) in [4.78, 5) is 11.5. The van der Waals surface area contributed by atoms with E-state index >= 15 is 0 Å². The number of allylic oxidation sites excluding steroid dienone is 1. The zero-order valence-corrected chi connectivity index (χ0v) is 11.1. The van der Waals surface area contributed by atoms with Gasteiger partial charge in [0, 0.05) is 5.56 Å². The van der Waals surface area contributed by atoms with E-state index in [2.05, 4.69) is 5.43 Å². The fourth-order valence-electron chi connectivity index (χ4n) is 1.45. The second-order valence-electron chi connectivity index (χ2n) is 4.68. The summed E-state index contributed by atoms with van der Waals surface area (Å²) in [5.41, 5.74) is 2.47. The number of para-hydroxylation sites is 1. The molecule has 0 heterocycles. The molecule has 4 heteroatoms. The first-order valence-corrected chi connectivity index (χ1v) is 5.87. The Bertz CT molecular complexity index is 439. The molecule has 1 aromatic rings. The molecule has 0 saturated heterocycles. The summed E-state index contributed by atoms with van der Waals surface area (Å²) in [6.07, 6.45) is 3.91. The molecule has 18 heavy (non-hydrogen) atoms. The minimum Gasteiger partial charge on any atom is -0.492 e. The van der Waals surface area contributed by atoms with E-state index in [1.54, 1.807) is 13.8 Å². The van der Waals surface area contributed by atoms with E-state index < -0.39 is 5.41 Å². The number of hydrogen-bond donors (Lipinski definition) is 2. The molecule has 3 N–H and O–H groups in total. The van der Waals surface area contributed by atoms with Crippen LogP contribution in [0.2, 0.25) is 0 Å². The van der Waals surface area contributed by atoms with Gasteiger partial charge in [0.05, 0.1) is 5.41 Å². The summed E-state index contributed by atoms with van der Waals surface area (Å²) in [6, 6.07) is 7.69. The first kappa shape index (κ1) is 14.3. The van der Waals surface area contributed by atoms with Crippen molar-refractivity contribution >= 4 is 12.0 Å². The molecule has 0 unspecified atom stereocenters. The van der Waals surface area contributed by atoms with Crippen LogP contribution in [-0.2, 0) is 4.79 Å². The molecule has 0 aliphatic heterocycles. The van der Waals surface area contributed by atoms with Gasteiger partial charge in [0.1, 0.15) is 12.4 Å². The first-order chi connectivity index (χ1) is 8.51. The van der Waals surface area contributed by atoms with Gasteiger partial charge in [-0.2, -0.15) is 0 Å². The number of hydrazine groups is 1. The highest BCUT2D eigenvalue weighted by Gasteiger charge is 2.28. The van der Waals surface area contributed by atoms with E-state index in [4.69, 9.17) is 10.6 Å². The number of hydrogen-bond acceptors (Lipinski definition) is 3. The van der Waals surface area contributed by atoms with Gasteiger partial charge in [0.15, 0.2) is 0 Å². The second kappa shape index (κ2) is 6.21. The molecule has 0 aliphatic rings. The highest BCUT2D eigenvalue weighted by molar-refractivity contribution is 5.81. The van der Waals surface area contributed by atoms with Crippen LogP contribution in [0.15, 0.2) is 30.3 Å². The molecule has 0 spiro atoms. The van der Waals surface area contributed by atoms with Gasteiger partial charge in [-0.15, -0.1) is 0 Å². The van der Waals surface area contributed by atoms with Crippen molar-refractivity contribution in [3.63, 3.8) is 0 Å². The lowest BCUT2D eigenvalue weighted by atomic mass is 9.94. The number of carbonyl (C=O) groups is 1. The average molecular weight is 248 g/mol. The number of nitrogens with two attached hydrogens (primary N) is 1. The van der Waals surface area contributed by atoms with Gasteiger partial charge in [-0.05, 0) is 26.8 Å². The molecule has 0 radical (unpaired) electrons. The minimum atomic E-state index is -0.669. The van der Waals surface area contributed by atoms with Crippen molar-refractivity contribution in [1.82, 2.24) is 5.43 Å². The fourth-order valence-corrected chi connectivity index (χ4v) is 1.45. The van der Waals surface area contributed by atoms with Crippen LogP contribution in [0.5, 0.6) is 5.75 Å². The second-order valence-corrected chi connectivity index (χ2v) is 4.68. The normalized spacial score (nSPS) is 11.6. The quantitative estimate of drug-likeness (QED) is 0.476. The van der Waals surface area contributed by atoms with Gasteiger partial charge in [0.2, 0.25) is 5.91 Å². The number of benzene rings is 1. The summed E-state index contributed by atoms with van der Waals surface area (Å²) in [7, 11) is 0. The largest absolute Gasteiger partial charge is 0.492 e. The maximum absolute atomic E-state index is 11.5. The van der Waals surface area contributed by atoms with Crippen LogP contribution in [0.25, 0.3) is 6.08 Å². The maximum atomic E-state index is 11.5. The summed E-state index contributed by atoms with van der Waals surface area (Å²) in [5, 5.41) is 0. The van der Waals surface area contributed by atoms with Crippen LogP contribution in [0, 0.1) is 5.41 Å². The highest BCUT2D eigenvalue weighted by Crippen LogP contribution is 2.23. The zero-order chi connectivity index (χ0) is 13.6. The lowest BCUT2D eigenvalue weighted by Gasteiger charge is -2.23. The summed E-state index contributed by atoms with van der Waals surface area (Å²) >= 11 is 0. The molecule has 0 saturated carbocycles. The van der Waals surface area contributed by atoms with Gasteiger partial charge in [-0.3, -0.25) is 10.2 Å². The molecule has 1 rings (SSSR count). The van der Waals surface area contributed by atoms with Gasteiger partial charge in [-0.1, -0.05) is 30.4 Å². The third-order valence-corrected chi connectivity index (χ3v) is 2.60. The Labute approximate surface area is 108 Å². The van der Waals surface area contributed by atoms with Gasteiger partial charge in [-0.25, -0.2) is 5.84 Å². The van der Waals surface area contributed by atoms with E-state index in [9.17, 15) is 4.79 Å². The molecule has 0 aromatic heterocycles. The molecule has 0 aliphatic carbocycles. The third-order valence-electron chi connectivity index (χ3n) is 2.60. The Kier molecular flexibility index (Phi) is 4.92.